The zero-order valence-corrected chi connectivity index (χ0v) is 21.7. The molecule has 0 spiro atoms. The van der Waals surface area contributed by atoms with Crippen molar-refractivity contribution in [2.24, 2.45) is 0 Å². The SMILES string of the molecule is Cc1ccccc1-c1cc2ccccn2c1C(=O)C(=O)Nc1ccc(N2CCN(Cc3ccco3)CC2)nc1. The summed E-state index contributed by atoms with van der Waals surface area (Å²) >= 11 is 0. The van der Waals surface area contributed by atoms with E-state index >= 15 is 0 Å². The number of aryl methyl sites for hydroxylation is 1. The van der Waals surface area contributed by atoms with Crippen molar-refractivity contribution in [1.82, 2.24) is 14.3 Å². The lowest BCUT2D eigenvalue weighted by molar-refractivity contribution is -0.112. The van der Waals surface area contributed by atoms with Gasteiger partial charge in [0.1, 0.15) is 17.3 Å². The molecule has 4 aromatic heterocycles. The zero-order valence-electron chi connectivity index (χ0n) is 21.7. The van der Waals surface area contributed by atoms with Crippen LogP contribution in [0.3, 0.4) is 0 Å². The summed E-state index contributed by atoms with van der Waals surface area (Å²) in [5, 5.41) is 2.75. The van der Waals surface area contributed by atoms with Gasteiger partial charge < -0.3 is 19.0 Å². The van der Waals surface area contributed by atoms with Gasteiger partial charge in [0.2, 0.25) is 0 Å². The Labute approximate surface area is 226 Å². The summed E-state index contributed by atoms with van der Waals surface area (Å²) in [5.74, 6) is 0.512. The number of amides is 1. The smallest absolute Gasteiger partial charge is 0.298 e. The number of nitrogens with one attached hydrogen (secondary N) is 1. The highest BCUT2D eigenvalue weighted by atomic mass is 16.3. The minimum atomic E-state index is -0.699. The second-order valence-corrected chi connectivity index (χ2v) is 9.75. The molecule has 1 amide bonds. The second kappa shape index (κ2) is 10.6. The molecule has 1 N–H and O–H groups in total. The van der Waals surface area contributed by atoms with Crippen LogP contribution in [0, 0.1) is 6.92 Å². The third kappa shape index (κ3) is 5.06. The number of furan rings is 1. The quantitative estimate of drug-likeness (QED) is 0.239. The number of benzene rings is 1. The Morgan fingerprint density at radius 1 is 0.923 bits per heavy atom. The maximum absolute atomic E-state index is 13.5. The molecule has 1 saturated heterocycles. The largest absolute Gasteiger partial charge is 0.468 e. The Hall–Kier alpha value is -4.69. The van der Waals surface area contributed by atoms with Crippen LogP contribution in [0.1, 0.15) is 21.8 Å². The standard InChI is InChI=1S/C31H29N5O3/c1-22-7-2-3-10-26(22)27-19-24-8-4-5-13-36(24)29(27)30(37)31(38)33-23-11-12-28(32-20-23)35-16-14-34(15-17-35)21-25-9-6-18-39-25/h2-13,18-20H,14-17,21H2,1H3,(H,33,38). The molecule has 8 nitrogen and oxygen atoms in total. The highest BCUT2D eigenvalue weighted by molar-refractivity contribution is 6.47. The number of piperazine rings is 1. The van der Waals surface area contributed by atoms with E-state index in [-0.39, 0.29) is 0 Å². The van der Waals surface area contributed by atoms with Crippen molar-refractivity contribution in [2.45, 2.75) is 13.5 Å². The minimum Gasteiger partial charge on any atom is -0.468 e. The van der Waals surface area contributed by atoms with Crippen molar-refractivity contribution in [3.63, 3.8) is 0 Å². The van der Waals surface area contributed by atoms with Crippen LogP contribution in [-0.4, -0.2) is 52.2 Å². The summed E-state index contributed by atoms with van der Waals surface area (Å²) < 4.78 is 7.24. The fraction of sp³-hybridized carbons (Fsp3) is 0.194. The van der Waals surface area contributed by atoms with E-state index in [1.165, 1.54) is 0 Å². The predicted molar refractivity (Wildman–Crippen MR) is 151 cm³/mol. The monoisotopic (exact) mass is 519 g/mol. The summed E-state index contributed by atoms with van der Waals surface area (Å²) in [4.78, 5) is 35.8. The average Bonchev–Trinajstić information content (AvgIpc) is 3.61. The van der Waals surface area contributed by atoms with Crippen LogP contribution in [0.25, 0.3) is 16.6 Å². The molecule has 6 rings (SSSR count). The highest BCUT2D eigenvalue weighted by Crippen LogP contribution is 2.31. The van der Waals surface area contributed by atoms with Crippen molar-refractivity contribution in [3.05, 3.63) is 108 Å². The number of hydrogen-bond acceptors (Lipinski definition) is 6. The van der Waals surface area contributed by atoms with Gasteiger partial charge in [-0.1, -0.05) is 30.3 Å². The van der Waals surface area contributed by atoms with Gasteiger partial charge >= 0.3 is 0 Å². The van der Waals surface area contributed by atoms with Crippen LogP contribution in [0.15, 0.2) is 95.9 Å². The summed E-state index contributed by atoms with van der Waals surface area (Å²) in [7, 11) is 0. The van der Waals surface area contributed by atoms with Crippen LogP contribution in [-0.2, 0) is 11.3 Å². The van der Waals surface area contributed by atoms with Gasteiger partial charge in [-0.25, -0.2) is 4.98 Å². The van der Waals surface area contributed by atoms with Gasteiger partial charge in [0.25, 0.3) is 11.7 Å². The number of carbonyl (C=O) groups is 2. The van der Waals surface area contributed by atoms with E-state index in [0.717, 1.165) is 66.5 Å². The first-order chi connectivity index (χ1) is 19.1. The number of rotatable bonds is 7. The Morgan fingerprint density at radius 3 is 2.49 bits per heavy atom. The molecule has 0 unspecified atom stereocenters. The molecule has 1 aliphatic rings. The van der Waals surface area contributed by atoms with Crippen molar-refractivity contribution in [3.8, 4) is 11.1 Å². The lowest BCUT2D eigenvalue weighted by Crippen LogP contribution is -2.46. The maximum atomic E-state index is 13.5. The molecule has 5 heterocycles. The van der Waals surface area contributed by atoms with E-state index in [4.69, 9.17) is 4.42 Å². The number of anilines is 2. The lowest BCUT2D eigenvalue weighted by atomic mass is 9.99. The molecule has 196 valence electrons. The fourth-order valence-electron chi connectivity index (χ4n) is 5.14. The fourth-order valence-corrected chi connectivity index (χ4v) is 5.14. The summed E-state index contributed by atoms with van der Waals surface area (Å²) in [6.45, 7) is 6.31. The van der Waals surface area contributed by atoms with Crippen molar-refractivity contribution in [1.29, 1.82) is 0 Å². The number of carbonyl (C=O) groups excluding carboxylic acids is 2. The number of hydrogen-bond donors (Lipinski definition) is 1. The number of ketones is 1. The van der Waals surface area contributed by atoms with Crippen molar-refractivity contribution < 1.29 is 14.0 Å². The van der Waals surface area contributed by atoms with E-state index < -0.39 is 11.7 Å². The Morgan fingerprint density at radius 2 is 1.74 bits per heavy atom. The van der Waals surface area contributed by atoms with Gasteiger partial charge in [0.05, 0.1) is 24.7 Å². The van der Waals surface area contributed by atoms with Gasteiger partial charge in [-0.2, -0.15) is 0 Å². The first kappa shape index (κ1) is 24.6. The summed E-state index contributed by atoms with van der Waals surface area (Å²) in [6.07, 6.45) is 5.12. The number of Topliss-reactive ketones (excluding diaryl/α,β-unsaturated/α-hetero) is 1. The predicted octanol–water partition coefficient (Wildman–Crippen LogP) is 5.05. The van der Waals surface area contributed by atoms with Crippen LogP contribution < -0.4 is 10.2 Å². The number of aromatic nitrogens is 2. The molecule has 0 bridgehead atoms. The highest BCUT2D eigenvalue weighted by Gasteiger charge is 2.26. The summed E-state index contributed by atoms with van der Waals surface area (Å²) in [6, 6.07) is 23.1. The molecule has 39 heavy (non-hydrogen) atoms. The Bertz CT molecular complexity index is 1610. The van der Waals surface area contributed by atoms with Gasteiger partial charge in [0, 0.05) is 43.5 Å². The molecule has 0 atom stereocenters. The minimum absolute atomic E-state index is 0.342. The number of pyridine rings is 2. The first-order valence-electron chi connectivity index (χ1n) is 13.0. The van der Waals surface area contributed by atoms with Crippen LogP contribution >= 0.6 is 0 Å². The zero-order chi connectivity index (χ0) is 26.8. The second-order valence-electron chi connectivity index (χ2n) is 9.75. The van der Waals surface area contributed by atoms with E-state index in [1.807, 2.05) is 79.9 Å². The maximum Gasteiger partial charge on any atom is 0.298 e. The van der Waals surface area contributed by atoms with Crippen LogP contribution in [0.5, 0.6) is 0 Å². The molecule has 0 aliphatic carbocycles. The van der Waals surface area contributed by atoms with Gasteiger partial charge in [-0.3, -0.25) is 14.5 Å². The van der Waals surface area contributed by atoms with Gasteiger partial charge in [-0.15, -0.1) is 0 Å². The molecule has 1 fully saturated rings. The molecule has 1 aromatic carbocycles. The molecule has 8 heteroatoms. The third-order valence-corrected chi connectivity index (χ3v) is 7.20. The van der Waals surface area contributed by atoms with Crippen LogP contribution in [0.4, 0.5) is 11.5 Å². The Kier molecular flexibility index (Phi) is 6.69. The molecule has 1 aliphatic heterocycles. The van der Waals surface area contributed by atoms with E-state index in [1.54, 1.807) is 22.9 Å². The molecule has 5 aromatic rings. The van der Waals surface area contributed by atoms with Crippen molar-refractivity contribution in [2.75, 3.05) is 36.4 Å². The van der Waals surface area contributed by atoms with Gasteiger partial charge in [0.15, 0.2) is 0 Å². The number of fused-ring (bicyclic) bond motifs is 1. The molecular weight excluding hydrogens is 490 g/mol. The first-order valence-corrected chi connectivity index (χ1v) is 13.0. The number of nitrogens with zero attached hydrogens (tertiary/aromatic N) is 4. The summed E-state index contributed by atoms with van der Waals surface area (Å²) in [5.41, 5.74) is 4.36. The molecule has 0 radical (unpaired) electrons. The lowest BCUT2D eigenvalue weighted by Gasteiger charge is -2.35. The average molecular weight is 520 g/mol. The van der Waals surface area contributed by atoms with E-state index in [9.17, 15) is 9.59 Å². The molecule has 0 saturated carbocycles. The third-order valence-electron chi connectivity index (χ3n) is 7.20. The van der Waals surface area contributed by atoms with E-state index in [0.29, 0.717) is 11.4 Å². The normalized spacial score (nSPS) is 14.0. The van der Waals surface area contributed by atoms with Crippen LogP contribution in [0.2, 0.25) is 0 Å². The van der Waals surface area contributed by atoms with Gasteiger partial charge in [-0.05, 0) is 60.5 Å². The topological polar surface area (TPSA) is 83.1 Å². The Balaban J connectivity index is 1.15. The molecular formula is C31H29N5O3. The van der Waals surface area contributed by atoms with Crippen molar-refractivity contribution >= 4 is 28.7 Å². The van der Waals surface area contributed by atoms with E-state index in [2.05, 4.69) is 20.1 Å².